The number of carbonyl (C=O) groups excluding carboxylic acids is 1. The molecule has 0 bridgehead atoms. The maximum atomic E-state index is 11.9. The van der Waals surface area contributed by atoms with Crippen LogP contribution in [0.25, 0.3) is 0 Å². The maximum absolute atomic E-state index is 11.9. The lowest BCUT2D eigenvalue weighted by Crippen LogP contribution is -2.42. The van der Waals surface area contributed by atoms with Gasteiger partial charge in [0.15, 0.2) is 0 Å². The number of carboxylic acid groups (broad SMARTS) is 1. The van der Waals surface area contributed by atoms with E-state index in [0.29, 0.717) is 19.8 Å². The number of hydrogen-bond donors (Lipinski definition) is 2. The molecule has 126 valence electrons. The van der Waals surface area contributed by atoms with Crippen LogP contribution in [0.15, 0.2) is 30.3 Å². The number of amides is 1. The average molecular weight is 321 g/mol. The number of carboxylic acids is 1. The molecule has 1 atom stereocenters. The van der Waals surface area contributed by atoms with Crippen LogP contribution in [0.3, 0.4) is 0 Å². The minimum absolute atomic E-state index is 0.135. The molecule has 0 aliphatic carbocycles. The van der Waals surface area contributed by atoms with Gasteiger partial charge in [-0.15, -0.1) is 0 Å². The van der Waals surface area contributed by atoms with Crippen LogP contribution >= 0.6 is 0 Å². The Morgan fingerprint density at radius 1 is 1.26 bits per heavy atom. The summed E-state index contributed by atoms with van der Waals surface area (Å²) in [5.41, 5.74) is 0.874. The lowest BCUT2D eigenvalue weighted by molar-refractivity contribution is -0.142. The van der Waals surface area contributed by atoms with Gasteiger partial charge in [-0.05, 0) is 18.4 Å². The molecule has 1 saturated heterocycles. The van der Waals surface area contributed by atoms with Crippen LogP contribution in [0.2, 0.25) is 0 Å². The molecule has 1 amide bonds. The van der Waals surface area contributed by atoms with Crippen LogP contribution in [-0.2, 0) is 25.5 Å². The molecule has 6 nitrogen and oxygen atoms in total. The molecule has 1 aromatic carbocycles. The van der Waals surface area contributed by atoms with Gasteiger partial charge in [0, 0.05) is 26.1 Å². The summed E-state index contributed by atoms with van der Waals surface area (Å²) in [6.07, 6.45) is 2.25. The van der Waals surface area contributed by atoms with E-state index in [1.807, 2.05) is 30.3 Å². The summed E-state index contributed by atoms with van der Waals surface area (Å²) >= 11 is 0. The lowest BCUT2D eigenvalue weighted by atomic mass is 10.1. The van der Waals surface area contributed by atoms with Gasteiger partial charge in [-0.3, -0.25) is 4.79 Å². The highest BCUT2D eigenvalue weighted by molar-refractivity contribution is 5.83. The van der Waals surface area contributed by atoms with Gasteiger partial charge in [0.05, 0.1) is 12.7 Å². The molecule has 1 heterocycles. The van der Waals surface area contributed by atoms with E-state index in [9.17, 15) is 14.7 Å². The Balaban J connectivity index is 1.73. The molecule has 0 spiro atoms. The fourth-order valence-corrected chi connectivity index (χ4v) is 2.48. The van der Waals surface area contributed by atoms with E-state index in [1.54, 1.807) is 0 Å². The van der Waals surface area contributed by atoms with Gasteiger partial charge in [0.1, 0.15) is 6.04 Å². The number of benzene rings is 1. The third-order valence-electron chi connectivity index (χ3n) is 3.77. The van der Waals surface area contributed by atoms with Crippen molar-refractivity contribution in [2.75, 3.05) is 19.8 Å². The third-order valence-corrected chi connectivity index (χ3v) is 3.77. The Morgan fingerprint density at radius 2 is 1.96 bits per heavy atom. The van der Waals surface area contributed by atoms with Gasteiger partial charge < -0.3 is 19.9 Å². The molecule has 2 rings (SSSR count). The van der Waals surface area contributed by atoms with Crippen molar-refractivity contribution >= 4 is 11.9 Å². The number of nitrogens with one attached hydrogen (secondary N) is 1. The van der Waals surface area contributed by atoms with Crippen LogP contribution in [0.4, 0.5) is 0 Å². The fraction of sp³-hybridized carbons (Fsp3) is 0.529. The molecule has 1 aromatic rings. The molecule has 1 aliphatic rings. The predicted molar refractivity (Wildman–Crippen MR) is 84.1 cm³/mol. The zero-order valence-electron chi connectivity index (χ0n) is 13.1. The highest BCUT2D eigenvalue weighted by atomic mass is 16.5. The maximum Gasteiger partial charge on any atom is 0.326 e. The number of aliphatic carboxylic acids is 1. The first-order valence-electron chi connectivity index (χ1n) is 7.90. The summed E-state index contributed by atoms with van der Waals surface area (Å²) < 4.78 is 10.9. The Hall–Kier alpha value is -1.92. The van der Waals surface area contributed by atoms with Crippen molar-refractivity contribution in [3.05, 3.63) is 35.9 Å². The molecule has 23 heavy (non-hydrogen) atoms. The first kappa shape index (κ1) is 17.4. The van der Waals surface area contributed by atoms with Crippen molar-refractivity contribution in [2.45, 2.75) is 37.8 Å². The first-order chi connectivity index (χ1) is 11.1. The molecular formula is C17H23NO5. The van der Waals surface area contributed by atoms with Gasteiger partial charge in [-0.2, -0.15) is 0 Å². The van der Waals surface area contributed by atoms with Crippen LogP contribution in [0.1, 0.15) is 24.8 Å². The standard InChI is InChI=1S/C17H23NO5/c19-16(8-11-23-14-6-9-22-10-7-14)18-15(17(20)21)12-13-4-2-1-3-5-13/h1-5,14-15H,6-12H2,(H,18,19)(H,20,21). The van der Waals surface area contributed by atoms with E-state index in [2.05, 4.69) is 5.32 Å². The van der Waals surface area contributed by atoms with E-state index in [4.69, 9.17) is 9.47 Å². The van der Waals surface area contributed by atoms with Gasteiger partial charge in [-0.25, -0.2) is 4.79 Å². The third kappa shape index (κ3) is 6.38. The Kier molecular flexibility index (Phi) is 7.03. The summed E-state index contributed by atoms with van der Waals surface area (Å²) in [6.45, 7) is 1.68. The summed E-state index contributed by atoms with van der Waals surface area (Å²) in [6, 6.07) is 8.32. The molecule has 0 aromatic heterocycles. The second-order valence-electron chi connectivity index (χ2n) is 5.58. The number of hydrogen-bond acceptors (Lipinski definition) is 4. The number of carbonyl (C=O) groups is 2. The van der Waals surface area contributed by atoms with Crippen LogP contribution in [0.5, 0.6) is 0 Å². The van der Waals surface area contributed by atoms with Crippen molar-refractivity contribution in [3.63, 3.8) is 0 Å². The van der Waals surface area contributed by atoms with Crippen molar-refractivity contribution in [1.82, 2.24) is 5.32 Å². The van der Waals surface area contributed by atoms with E-state index in [0.717, 1.165) is 18.4 Å². The van der Waals surface area contributed by atoms with Gasteiger partial charge in [-0.1, -0.05) is 30.3 Å². The van der Waals surface area contributed by atoms with Crippen LogP contribution in [0, 0.1) is 0 Å². The van der Waals surface area contributed by atoms with Crippen LogP contribution in [-0.4, -0.2) is 48.9 Å². The smallest absolute Gasteiger partial charge is 0.326 e. The summed E-state index contributed by atoms with van der Waals surface area (Å²) in [7, 11) is 0. The van der Waals surface area contributed by atoms with Crippen molar-refractivity contribution in [2.24, 2.45) is 0 Å². The van der Waals surface area contributed by atoms with E-state index in [-0.39, 0.29) is 24.9 Å². The summed E-state index contributed by atoms with van der Waals surface area (Å²) in [5, 5.41) is 11.8. The Labute approximate surface area is 135 Å². The SMILES string of the molecule is O=C(CCOC1CCOCC1)NC(Cc1ccccc1)C(=O)O. The Bertz CT molecular complexity index is 499. The van der Waals surface area contributed by atoms with Crippen molar-refractivity contribution in [3.8, 4) is 0 Å². The molecule has 1 fully saturated rings. The quantitative estimate of drug-likeness (QED) is 0.756. The number of rotatable bonds is 8. The van der Waals surface area contributed by atoms with Gasteiger partial charge in [0.25, 0.3) is 0 Å². The monoisotopic (exact) mass is 321 g/mol. The first-order valence-corrected chi connectivity index (χ1v) is 7.90. The second kappa shape index (κ2) is 9.27. The van der Waals surface area contributed by atoms with E-state index in [1.165, 1.54) is 0 Å². The molecular weight excluding hydrogens is 298 g/mol. The largest absolute Gasteiger partial charge is 0.480 e. The fourth-order valence-electron chi connectivity index (χ4n) is 2.48. The molecule has 0 saturated carbocycles. The number of ether oxygens (including phenoxy) is 2. The Morgan fingerprint density at radius 3 is 2.61 bits per heavy atom. The summed E-state index contributed by atoms with van der Waals surface area (Å²) in [4.78, 5) is 23.2. The zero-order chi connectivity index (χ0) is 16.5. The van der Waals surface area contributed by atoms with Crippen molar-refractivity contribution < 1.29 is 24.2 Å². The molecule has 0 radical (unpaired) electrons. The average Bonchev–Trinajstić information content (AvgIpc) is 2.56. The molecule has 1 unspecified atom stereocenters. The summed E-state index contributed by atoms with van der Waals surface area (Å²) in [5.74, 6) is -1.34. The molecule has 1 aliphatic heterocycles. The predicted octanol–water partition coefficient (Wildman–Crippen LogP) is 1.38. The normalized spacial score (nSPS) is 16.7. The van der Waals surface area contributed by atoms with Gasteiger partial charge in [0.2, 0.25) is 5.91 Å². The lowest BCUT2D eigenvalue weighted by Gasteiger charge is -2.22. The highest BCUT2D eigenvalue weighted by Crippen LogP contribution is 2.10. The van der Waals surface area contributed by atoms with Gasteiger partial charge >= 0.3 is 5.97 Å². The minimum Gasteiger partial charge on any atom is -0.480 e. The zero-order valence-corrected chi connectivity index (χ0v) is 13.1. The highest BCUT2D eigenvalue weighted by Gasteiger charge is 2.20. The van der Waals surface area contributed by atoms with E-state index >= 15 is 0 Å². The molecule has 2 N–H and O–H groups in total. The topological polar surface area (TPSA) is 84.9 Å². The second-order valence-corrected chi connectivity index (χ2v) is 5.58. The van der Waals surface area contributed by atoms with Crippen LogP contribution < -0.4 is 5.32 Å². The molecule has 6 heteroatoms. The van der Waals surface area contributed by atoms with Crippen molar-refractivity contribution in [1.29, 1.82) is 0 Å². The van der Waals surface area contributed by atoms with E-state index < -0.39 is 12.0 Å². The minimum atomic E-state index is -1.03.